The predicted octanol–water partition coefficient (Wildman–Crippen LogP) is 2.30. The van der Waals surface area contributed by atoms with Crippen LogP contribution < -0.4 is 4.74 Å². The van der Waals surface area contributed by atoms with Gasteiger partial charge < -0.3 is 23.8 Å². The Morgan fingerprint density at radius 2 is 2.00 bits per heavy atom. The van der Waals surface area contributed by atoms with E-state index in [1.54, 1.807) is 0 Å². The molecule has 1 amide bonds. The normalized spacial score (nSPS) is 16.4. The smallest absolute Gasteiger partial charge is 0.410 e. The summed E-state index contributed by atoms with van der Waals surface area (Å²) >= 11 is 0. The van der Waals surface area contributed by atoms with Crippen LogP contribution in [0.2, 0.25) is 0 Å². The van der Waals surface area contributed by atoms with Crippen LogP contribution in [0.25, 0.3) is 0 Å². The van der Waals surface area contributed by atoms with Gasteiger partial charge in [0.25, 0.3) is 0 Å². The maximum Gasteiger partial charge on any atom is 0.410 e. The van der Waals surface area contributed by atoms with Crippen LogP contribution in [0.1, 0.15) is 29.3 Å². The van der Waals surface area contributed by atoms with Crippen LogP contribution in [-0.4, -0.2) is 60.8 Å². The molecule has 160 valence electrons. The molecule has 1 aromatic heterocycles. The van der Waals surface area contributed by atoms with Crippen molar-refractivity contribution < 1.29 is 28.5 Å². The summed E-state index contributed by atoms with van der Waals surface area (Å²) < 4.78 is 20.8. The number of piperidine rings is 1. The van der Waals surface area contributed by atoms with E-state index in [0.29, 0.717) is 23.8 Å². The van der Waals surface area contributed by atoms with Crippen molar-refractivity contribution in [2.24, 2.45) is 0 Å². The third kappa shape index (κ3) is 5.52. The number of ether oxygens (including phenoxy) is 4. The second-order valence-electron chi connectivity index (χ2n) is 6.76. The number of rotatable bonds is 8. The van der Waals surface area contributed by atoms with E-state index in [1.807, 2.05) is 30.3 Å². The number of nitrogens with zero attached hydrogens (tertiary/aromatic N) is 3. The first-order valence-electron chi connectivity index (χ1n) is 9.57. The highest BCUT2D eigenvalue weighted by Gasteiger charge is 2.33. The molecule has 1 fully saturated rings. The quantitative estimate of drug-likeness (QED) is 0.478. The first-order chi connectivity index (χ1) is 14.6. The minimum atomic E-state index is -0.581. The molecule has 0 radical (unpaired) electrons. The zero-order valence-electron chi connectivity index (χ0n) is 17.1. The van der Waals surface area contributed by atoms with Crippen LogP contribution in [0, 0.1) is 0 Å². The van der Waals surface area contributed by atoms with Crippen LogP contribution in [0.15, 0.2) is 36.5 Å². The van der Waals surface area contributed by atoms with E-state index in [-0.39, 0.29) is 38.8 Å². The second-order valence-corrected chi connectivity index (χ2v) is 6.76. The van der Waals surface area contributed by atoms with Gasteiger partial charge in [-0.05, 0) is 5.56 Å². The van der Waals surface area contributed by atoms with E-state index in [2.05, 4.69) is 9.97 Å². The van der Waals surface area contributed by atoms with Gasteiger partial charge in [0.15, 0.2) is 0 Å². The summed E-state index contributed by atoms with van der Waals surface area (Å²) in [4.78, 5) is 35.3. The Kier molecular flexibility index (Phi) is 7.69. The van der Waals surface area contributed by atoms with Gasteiger partial charge in [0.2, 0.25) is 5.88 Å². The molecule has 9 nitrogen and oxygen atoms in total. The molecule has 2 heterocycles. The maximum atomic E-state index is 12.5. The van der Waals surface area contributed by atoms with Crippen molar-refractivity contribution in [2.45, 2.75) is 25.6 Å². The van der Waals surface area contributed by atoms with Gasteiger partial charge in [0, 0.05) is 26.6 Å². The third-order valence-corrected chi connectivity index (χ3v) is 4.70. The number of aromatic nitrogens is 2. The Morgan fingerprint density at radius 1 is 1.20 bits per heavy atom. The lowest BCUT2D eigenvalue weighted by Gasteiger charge is -2.30. The van der Waals surface area contributed by atoms with Gasteiger partial charge in [-0.15, -0.1) is 0 Å². The number of amides is 1. The lowest BCUT2D eigenvalue weighted by molar-refractivity contribution is -0.123. The number of likely N-dealkylation sites (tertiary alicyclic amines) is 1. The number of ketones is 1. The summed E-state index contributed by atoms with van der Waals surface area (Å²) in [6.45, 7) is 0.903. The van der Waals surface area contributed by atoms with E-state index in [0.717, 1.165) is 5.56 Å². The zero-order chi connectivity index (χ0) is 21.3. The van der Waals surface area contributed by atoms with Crippen molar-refractivity contribution in [3.63, 3.8) is 0 Å². The Bertz CT molecular complexity index is 861. The Hall–Kier alpha value is -3.04. The summed E-state index contributed by atoms with van der Waals surface area (Å²) in [5, 5.41) is 0. The minimum absolute atomic E-state index is 0.00494. The molecular weight excluding hydrogens is 390 g/mol. The van der Waals surface area contributed by atoms with Crippen molar-refractivity contribution in [3.8, 4) is 5.88 Å². The summed E-state index contributed by atoms with van der Waals surface area (Å²) in [6.07, 6.45) is 1.27. The number of hydrogen-bond donors (Lipinski definition) is 0. The summed E-state index contributed by atoms with van der Waals surface area (Å²) in [7, 11) is 3.01. The Labute approximate surface area is 174 Å². The van der Waals surface area contributed by atoms with Crippen LogP contribution in [0.5, 0.6) is 5.88 Å². The van der Waals surface area contributed by atoms with Crippen molar-refractivity contribution in [2.75, 3.05) is 34.1 Å². The van der Waals surface area contributed by atoms with Gasteiger partial charge in [-0.3, -0.25) is 4.79 Å². The molecule has 2 aromatic rings. The highest BCUT2D eigenvalue weighted by Crippen LogP contribution is 2.25. The number of carbonyl (C=O) groups is 2. The number of hydrogen-bond acceptors (Lipinski definition) is 8. The van der Waals surface area contributed by atoms with Crippen molar-refractivity contribution in [3.05, 3.63) is 53.5 Å². The lowest BCUT2D eigenvalue weighted by Crippen LogP contribution is -2.43. The van der Waals surface area contributed by atoms with Crippen LogP contribution >= 0.6 is 0 Å². The minimum Gasteiger partial charge on any atom is -0.480 e. The highest BCUT2D eigenvalue weighted by atomic mass is 16.7. The fourth-order valence-electron chi connectivity index (χ4n) is 3.15. The van der Waals surface area contributed by atoms with Crippen LogP contribution in [-0.2, 0) is 32.2 Å². The van der Waals surface area contributed by atoms with Crippen LogP contribution in [0.3, 0.4) is 0 Å². The fraction of sp³-hybridized carbons (Fsp3) is 0.429. The molecule has 1 saturated heterocycles. The van der Waals surface area contributed by atoms with E-state index in [4.69, 9.17) is 18.9 Å². The molecule has 1 atom stereocenters. The van der Waals surface area contributed by atoms with E-state index in [9.17, 15) is 9.59 Å². The summed E-state index contributed by atoms with van der Waals surface area (Å²) in [6, 6.07) is 9.44. The monoisotopic (exact) mass is 415 g/mol. The molecule has 0 aliphatic carbocycles. The first kappa shape index (κ1) is 21.7. The third-order valence-electron chi connectivity index (χ3n) is 4.70. The standard InChI is InChI=1S/C21H25N3O6/c1-27-14-29-13-18-20(28-2)22-10-17(23-18)16-11-24(9-8-19(16)25)21(26)30-12-15-6-4-3-5-7-15/h3-7,10,16H,8-9,11-14H2,1-2H3. The average molecular weight is 415 g/mol. The molecule has 1 aliphatic heterocycles. The zero-order valence-corrected chi connectivity index (χ0v) is 17.1. The van der Waals surface area contributed by atoms with Crippen molar-refractivity contribution in [1.29, 1.82) is 0 Å². The number of methoxy groups -OCH3 is 2. The average Bonchev–Trinajstić information content (AvgIpc) is 2.78. The fourth-order valence-corrected chi connectivity index (χ4v) is 3.15. The van der Waals surface area contributed by atoms with Gasteiger partial charge in [-0.25, -0.2) is 14.8 Å². The molecule has 1 unspecified atom stereocenters. The van der Waals surface area contributed by atoms with Crippen molar-refractivity contribution in [1.82, 2.24) is 14.9 Å². The Balaban J connectivity index is 1.68. The van der Waals surface area contributed by atoms with Crippen molar-refractivity contribution >= 4 is 11.9 Å². The molecule has 0 spiro atoms. The first-order valence-corrected chi connectivity index (χ1v) is 9.57. The number of Topliss-reactive ketones (excluding diaryl/α,β-unsaturated/α-hetero) is 1. The molecule has 0 N–H and O–H groups in total. The highest BCUT2D eigenvalue weighted by molar-refractivity contribution is 5.87. The molecule has 9 heteroatoms. The molecule has 30 heavy (non-hydrogen) atoms. The van der Waals surface area contributed by atoms with Gasteiger partial charge in [-0.1, -0.05) is 30.3 Å². The van der Waals surface area contributed by atoms with E-state index >= 15 is 0 Å². The summed E-state index contributed by atoms with van der Waals surface area (Å²) in [5.41, 5.74) is 1.83. The number of carbonyl (C=O) groups excluding carboxylic acids is 2. The van der Waals surface area contributed by atoms with Crippen LogP contribution in [0.4, 0.5) is 4.79 Å². The van der Waals surface area contributed by atoms with E-state index in [1.165, 1.54) is 25.3 Å². The molecule has 1 aromatic carbocycles. The Morgan fingerprint density at radius 3 is 2.73 bits per heavy atom. The van der Waals surface area contributed by atoms with Gasteiger partial charge >= 0.3 is 6.09 Å². The molecule has 1 aliphatic rings. The molecule has 0 saturated carbocycles. The topological polar surface area (TPSA) is 100 Å². The SMILES string of the molecule is COCOCc1nc(C2CN(C(=O)OCc3ccccc3)CCC2=O)cnc1OC. The largest absolute Gasteiger partial charge is 0.480 e. The predicted molar refractivity (Wildman–Crippen MR) is 106 cm³/mol. The maximum absolute atomic E-state index is 12.5. The summed E-state index contributed by atoms with van der Waals surface area (Å²) in [5.74, 6) is -0.259. The number of benzene rings is 1. The van der Waals surface area contributed by atoms with Gasteiger partial charge in [-0.2, -0.15) is 0 Å². The second kappa shape index (κ2) is 10.7. The molecular formula is C21H25N3O6. The molecule has 0 bridgehead atoms. The molecule has 3 rings (SSSR count). The lowest BCUT2D eigenvalue weighted by atomic mass is 9.93. The van der Waals surface area contributed by atoms with Gasteiger partial charge in [0.05, 0.1) is 31.5 Å². The van der Waals surface area contributed by atoms with E-state index < -0.39 is 12.0 Å². The van der Waals surface area contributed by atoms with Gasteiger partial charge in [0.1, 0.15) is 24.9 Å².